The standard InChI is InChI=1S/C20H24N2O3/c1-4-14(2)18-7-5-6-8-19(18)25-13-20(24)22-21-15(3)16-9-11-17(23)12-10-16/h5-12,14,23H,4,13H2,1-3H3,(H,22,24)/b21-15+. The lowest BCUT2D eigenvalue weighted by Gasteiger charge is -2.15. The smallest absolute Gasteiger partial charge is 0.277 e. The van der Waals surface area contributed by atoms with Crippen LogP contribution in [0.25, 0.3) is 0 Å². The molecule has 2 aromatic rings. The second-order valence-corrected chi connectivity index (χ2v) is 5.91. The van der Waals surface area contributed by atoms with E-state index in [2.05, 4.69) is 24.4 Å². The van der Waals surface area contributed by atoms with E-state index in [0.717, 1.165) is 23.3 Å². The van der Waals surface area contributed by atoms with Gasteiger partial charge < -0.3 is 9.84 Å². The van der Waals surface area contributed by atoms with E-state index in [-0.39, 0.29) is 18.3 Å². The van der Waals surface area contributed by atoms with Crippen LogP contribution in [0.4, 0.5) is 0 Å². The lowest BCUT2D eigenvalue weighted by atomic mass is 9.98. The van der Waals surface area contributed by atoms with Crippen molar-refractivity contribution in [2.75, 3.05) is 6.61 Å². The number of hydrogen-bond acceptors (Lipinski definition) is 4. The number of rotatable bonds is 7. The van der Waals surface area contributed by atoms with E-state index >= 15 is 0 Å². The molecule has 2 N–H and O–H groups in total. The number of hydrogen-bond donors (Lipinski definition) is 2. The van der Waals surface area contributed by atoms with Gasteiger partial charge in [-0.15, -0.1) is 0 Å². The van der Waals surface area contributed by atoms with Crippen molar-refractivity contribution in [1.82, 2.24) is 5.43 Å². The summed E-state index contributed by atoms with van der Waals surface area (Å²) in [6.45, 7) is 5.94. The van der Waals surface area contributed by atoms with Crippen molar-refractivity contribution in [2.45, 2.75) is 33.1 Å². The maximum Gasteiger partial charge on any atom is 0.277 e. The summed E-state index contributed by atoms with van der Waals surface area (Å²) >= 11 is 0. The van der Waals surface area contributed by atoms with Crippen LogP contribution in [0.5, 0.6) is 11.5 Å². The minimum Gasteiger partial charge on any atom is -0.508 e. The number of para-hydroxylation sites is 1. The highest BCUT2D eigenvalue weighted by atomic mass is 16.5. The highest BCUT2D eigenvalue weighted by Crippen LogP contribution is 2.28. The van der Waals surface area contributed by atoms with Crippen LogP contribution in [0.2, 0.25) is 0 Å². The first-order valence-electron chi connectivity index (χ1n) is 8.35. The highest BCUT2D eigenvalue weighted by Gasteiger charge is 2.11. The Morgan fingerprint density at radius 3 is 2.56 bits per heavy atom. The summed E-state index contributed by atoms with van der Waals surface area (Å²) in [5, 5.41) is 13.4. The fourth-order valence-electron chi connectivity index (χ4n) is 2.33. The van der Waals surface area contributed by atoms with Crippen LogP contribution in [0.1, 0.15) is 44.2 Å². The highest BCUT2D eigenvalue weighted by molar-refractivity contribution is 5.99. The van der Waals surface area contributed by atoms with Crippen molar-refractivity contribution in [1.29, 1.82) is 0 Å². The first-order chi connectivity index (χ1) is 12.0. The summed E-state index contributed by atoms with van der Waals surface area (Å²) in [5.41, 5.74) is 5.06. The van der Waals surface area contributed by atoms with Gasteiger partial charge in [-0.25, -0.2) is 5.43 Å². The molecule has 0 aliphatic carbocycles. The van der Waals surface area contributed by atoms with E-state index in [9.17, 15) is 9.90 Å². The molecular weight excluding hydrogens is 316 g/mol. The zero-order valence-corrected chi connectivity index (χ0v) is 14.8. The average molecular weight is 340 g/mol. The summed E-state index contributed by atoms with van der Waals surface area (Å²) in [6.07, 6.45) is 1.00. The van der Waals surface area contributed by atoms with Gasteiger partial charge in [0.25, 0.3) is 5.91 Å². The molecule has 0 aliphatic rings. The Bertz CT molecular complexity index is 739. The molecule has 2 aromatic carbocycles. The van der Waals surface area contributed by atoms with Gasteiger partial charge in [-0.3, -0.25) is 4.79 Å². The second-order valence-electron chi connectivity index (χ2n) is 5.91. The number of amides is 1. The minimum atomic E-state index is -0.322. The van der Waals surface area contributed by atoms with E-state index < -0.39 is 0 Å². The predicted molar refractivity (Wildman–Crippen MR) is 99.1 cm³/mol. The van der Waals surface area contributed by atoms with Gasteiger partial charge >= 0.3 is 0 Å². The van der Waals surface area contributed by atoms with Crippen molar-refractivity contribution in [3.63, 3.8) is 0 Å². The number of benzene rings is 2. The lowest BCUT2D eigenvalue weighted by molar-refractivity contribution is -0.123. The van der Waals surface area contributed by atoms with Crippen molar-refractivity contribution in [2.24, 2.45) is 5.10 Å². The number of ether oxygens (including phenoxy) is 1. The number of phenols is 1. The topological polar surface area (TPSA) is 70.9 Å². The lowest BCUT2D eigenvalue weighted by Crippen LogP contribution is -2.25. The van der Waals surface area contributed by atoms with Crippen LogP contribution in [0.15, 0.2) is 53.6 Å². The fourth-order valence-corrected chi connectivity index (χ4v) is 2.33. The van der Waals surface area contributed by atoms with Gasteiger partial charge in [0.1, 0.15) is 11.5 Å². The molecule has 132 valence electrons. The first kappa shape index (κ1) is 18.5. The van der Waals surface area contributed by atoms with E-state index in [1.54, 1.807) is 31.2 Å². The van der Waals surface area contributed by atoms with Crippen LogP contribution in [-0.2, 0) is 4.79 Å². The molecule has 0 radical (unpaired) electrons. The number of aromatic hydroxyl groups is 1. The molecule has 2 rings (SSSR count). The van der Waals surface area contributed by atoms with Crippen LogP contribution >= 0.6 is 0 Å². The Labute approximate surface area is 148 Å². The molecule has 0 spiro atoms. The maximum atomic E-state index is 12.0. The molecular formula is C20H24N2O3. The largest absolute Gasteiger partial charge is 0.508 e. The molecule has 0 bridgehead atoms. The van der Waals surface area contributed by atoms with Gasteiger partial charge in [0.15, 0.2) is 6.61 Å². The molecule has 25 heavy (non-hydrogen) atoms. The molecule has 1 amide bonds. The van der Waals surface area contributed by atoms with Gasteiger partial charge in [0.05, 0.1) is 5.71 Å². The Balaban J connectivity index is 1.93. The maximum absolute atomic E-state index is 12.0. The number of phenolic OH excluding ortho intramolecular Hbond substituents is 1. The SMILES string of the molecule is CCC(C)c1ccccc1OCC(=O)N/N=C(\C)c1ccc(O)cc1. The molecule has 0 aliphatic heterocycles. The van der Waals surface area contributed by atoms with Crippen LogP contribution in [-0.4, -0.2) is 23.3 Å². The number of carbonyl (C=O) groups excluding carboxylic acids is 1. The molecule has 0 fully saturated rings. The molecule has 1 atom stereocenters. The second kappa shape index (κ2) is 8.87. The van der Waals surface area contributed by atoms with Gasteiger partial charge in [-0.05, 0) is 60.7 Å². The van der Waals surface area contributed by atoms with Gasteiger partial charge in [-0.2, -0.15) is 5.10 Å². The summed E-state index contributed by atoms with van der Waals surface area (Å²) in [5.74, 6) is 0.964. The first-order valence-corrected chi connectivity index (χ1v) is 8.35. The third kappa shape index (κ3) is 5.35. The number of nitrogens with one attached hydrogen (secondary N) is 1. The van der Waals surface area contributed by atoms with Crippen molar-refractivity contribution < 1.29 is 14.6 Å². The Kier molecular flexibility index (Phi) is 6.57. The predicted octanol–water partition coefficient (Wildman–Crippen LogP) is 3.82. The molecule has 0 aromatic heterocycles. The Morgan fingerprint density at radius 2 is 1.88 bits per heavy atom. The molecule has 5 nitrogen and oxygen atoms in total. The van der Waals surface area contributed by atoms with E-state index in [1.165, 1.54) is 0 Å². The van der Waals surface area contributed by atoms with Gasteiger partial charge in [0, 0.05) is 0 Å². The molecule has 1 unspecified atom stereocenters. The molecule has 0 saturated carbocycles. The number of nitrogens with zero attached hydrogens (tertiary/aromatic N) is 1. The average Bonchev–Trinajstić information content (AvgIpc) is 2.64. The monoisotopic (exact) mass is 340 g/mol. The number of carbonyl (C=O) groups is 1. The summed E-state index contributed by atoms with van der Waals surface area (Å²) < 4.78 is 5.66. The zero-order valence-electron chi connectivity index (χ0n) is 14.8. The number of hydrazone groups is 1. The van der Waals surface area contributed by atoms with Crippen molar-refractivity contribution >= 4 is 11.6 Å². The Hall–Kier alpha value is -2.82. The van der Waals surface area contributed by atoms with Gasteiger partial charge in [0.2, 0.25) is 0 Å². The van der Waals surface area contributed by atoms with Crippen molar-refractivity contribution in [3.8, 4) is 11.5 Å². The quantitative estimate of drug-likeness (QED) is 0.594. The Morgan fingerprint density at radius 1 is 1.20 bits per heavy atom. The summed E-state index contributed by atoms with van der Waals surface area (Å²) in [7, 11) is 0. The molecule has 5 heteroatoms. The van der Waals surface area contributed by atoms with Crippen molar-refractivity contribution in [3.05, 3.63) is 59.7 Å². The van der Waals surface area contributed by atoms with Crippen LogP contribution in [0.3, 0.4) is 0 Å². The molecule has 0 saturated heterocycles. The summed E-state index contributed by atoms with van der Waals surface area (Å²) in [4.78, 5) is 12.0. The van der Waals surface area contributed by atoms with E-state index in [1.807, 2.05) is 24.3 Å². The summed E-state index contributed by atoms with van der Waals surface area (Å²) in [6, 6.07) is 14.4. The van der Waals surface area contributed by atoms with Crippen LogP contribution < -0.4 is 10.2 Å². The third-order valence-electron chi connectivity index (χ3n) is 4.05. The molecule has 0 heterocycles. The van der Waals surface area contributed by atoms with Crippen LogP contribution in [0, 0.1) is 0 Å². The van der Waals surface area contributed by atoms with E-state index in [0.29, 0.717) is 11.6 Å². The van der Waals surface area contributed by atoms with Gasteiger partial charge in [-0.1, -0.05) is 32.0 Å². The zero-order chi connectivity index (χ0) is 18.2. The fraction of sp³-hybridized carbons (Fsp3) is 0.300. The third-order valence-corrected chi connectivity index (χ3v) is 4.05. The minimum absolute atomic E-state index is 0.0974. The van der Waals surface area contributed by atoms with E-state index in [4.69, 9.17) is 4.74 Å². The normalized spacial score (nSPS) is 12.5.